The average Bonchev–Trinajstić information content (AvgIpc) is 3.34. The fourth-order valence-corrected chi connectivity index (χ4v) is 4.50. The monoisotopic (exact) mass is 486 g/mol. The van der Waals surface area contributed by atoms with Crippen LogP contribution in [0, 0.1) is 12.7 Å². The SMILES string of the molecule is COc1cccc(N2C(=S)NC(c3ccc(F)cc3)C(c3nc(-c4ccc(C)cc4)no3)=C2C)c1. The van der Waals surface area contributed by atoms with Crippen LogP contribution in [0.25, 0.3) is 17.0 Å². The van der Waals surface area contributed by atoms with Gasteiger partial charge in [0.15, 0.2) is 5.11 Å². The summed E-state index contributed by atoms with van der Waals surface area (Å²) in [6.45, 7) is 3.98. The van der Waals surface area contributed by atoms with Crippen LogP contribution in [0.3, 0.4) is 0 Å². The van der Waals surface area contributed by atoms with Crippen molar-refractivity contribution in [2.24, 2.45) is 0 Å². The van der Waals surface area contributed by atoms with E-state index in [2.05, 4.69) is 10.5 Å². The van der Waals surface area contributed by atoms with Gasteiger partial charge in [-0.2, -0.15) is 4.98 Å². The fraction of sp³-hybridized carbons (Fsp3) is 0.148. The number of halogens is 1. The average molecular weight is 487 g/mol. The van der Waals surface area contributed by atoms with Gasteiger partial charge in [0.25, 0.3) is 5.89 Å². The zero-order chi connectivity index (χ0) is 24.5. The molecule has 0 saturated carbocycles. The van der Waals surface area contributed by atoms with Crippen LogP contribution < -0.4 is 15.0 Å². The summed E-state index contributed by atoms with van der Waals surface area (Å²) in [5, 5.41) is 8.11. The number of hydrogen-bond acceptors (Lipinski definition) is 5. The maximum atomic E-state index is 13.7. The third kappa shape index (κ3) is 4.40. The number of nitrogens with one attached hydrogen (secondary N) is 1. The molecule has 1 unspecified atom stereocenters. The fourth-order valence-electron chi connectivity index (χ4n) is 4.14. The standard InChI is InChI=1S/C27H23FN4O2S/c1-16-7-9-19(10-8-16)25-30-26(34-31-25)23-17(2)32(21-5-4-6-22(15-21)33-3)27(35)29-24(23)18-11-13-20(28)14-12-18/h4-15,24H,1-3H3,(H,29,35). The van der Waals surface area contributed by atoms with Crippen LogP contribution in [0.4, 0.5) is 10.1 Å². The van der Waals surface area contributed by atoms with E-state index in [1.165, 1.54) is 12.1 Å². The Kier molecular flexibility index (Phi) is 6.05. The lowest BCUT2D eigenvalue weighted by molar-refractivity contribution is 0.404. The highest BCUT2D eigenvalue weighted by atomic mass is 32.1. The third-order valence-corrected chi connectivity index (χ3v) is 6.27. The van der Waals surface area contributed by atoms with Crippen LogP contribution in [0.5, 0.6) is 5.75 Å². The smallest absolute Gasteiger partial charge is 0.258 e. The number of hydrogen-bond donors (Lipinski definition) is 1. The predicted octanol–water partition coefficient (Wildman–Crippen LogP) is 6.06. The number of thiocarbonyl (C=S) groups is 1. The maximum Gasteiger partial charge on any atom is 0.258 e. The molecule has 2 heterocycles. The van der Waals surface area contributed by atoms with Gasteiger partial charge in [-0.15, -0.1) is 0 Å². The van der Waals surface area contributed by atoms with Crippen molar-refractivity contribution < 1.29 is 13.7 Å². The van der Waals surface area contributed by atoms with Gasteiger partial charge in [-0.05, 0) is 55.9 Å². The summed E-state index contributed by atoms with van der Waals surface area (Å²) in [5.41, 5.74) is 5.21. The lowest BCUT2D eigenvalue weighted by Crippen LogP contribution is -2.46. The molecule has 4 aromatic rings. The molecule has 0 aliphatic carbocycles. The summed E-state index contributed by atoms with van der Waals surface area (Å²) in [7, 11) is 1.62. The summed E-state index contributed by atoms with van der Waals surface area (Å²) in [4.78, 5) is 6.63. The van der Waals surface area contributed by atoms with Gasteiger partial charge in [0.05, 0.1) is 24.4 Å². The first kappa shape index (κ1) is 22.7. The summed E-state index contributed by atoms with van der Waals surface area (Å²) in [5.74, 6) is 1.24. The predicted molar refractivity (Wildman–Crippen MR) is 137 cm³/mol. The lowest BCUT2D eigenvalue weighted by atomic mass is 9.94. The van der Waals surface area contributed by atoms with E-state index in [9.17, 15) is 4.39 Å². The second kappa shape index (κ2) is 9.31. The van der Waals surface area contributed by atoms with Gasteiger partial charge in [-0.25, -0.2) is 4.39 Å². The van der Waals surface area contributed by atoms with E-state index in [-0.39, 0.29) is 5.82 Å². The Morgan fingerprint density at radius 2 is 1.77 bits per heavy atom. The molecule has 1 aliphatic heterocycles. The molecular formula is C27H23FN4O2S. The summed E-state index contributed by atoms with van der Waals surface area (Å²) >= 11 is 5.76. The summed E-state index contributed by atoms with van der Waals surface area (Å²) in [6, 6.07) is 21.4. The Labute approximate surface area is 208 Å². The Bertz CT molecular complexity index is 1410. The number of methoxy groups -OCH3 is 1. The van der Waals surface area contributed by atoms with Gasteiger partial charge in [-0.1, -0.05) is 53.2 Å². The number of allylic oxidation sites excluding steroid dienone is 1. The normalized spacial score (nSPS) is 15.8. The van der Waals surface area contributed by atoms with Gasteiger partial charge in [0, 0.05) is 17.3 Å². The van der Waals surface area contributed by atoms with Crippen LogP contribution >= 0.6 is 12.2 Å². The lowest BCUT2D eigenvalue weighted by Gasteiger charge is -2.37. The van der Waals surface area contributed by atoms with Crippen molar-refractivity contribution in [1.82, 2.24) is 15.5 Å². The Morgan fingerprint density at radius 3 is 2.49 bits per heavy atom. The van der Waals surface area contributed by atoms with Crippen molar-refractivity contribution in [2.75, 3.05) is 12.0 Å². The molecule has 176 valence electrons. The van der Waals surface area contributed by atoms with Gasteiger partial charge < -0.3 is 14.6 Å². The van der Waals surface area contributed by atoms with Gasteiger partial charge in [0.2, 0.25) is 5.82 Å². The van der Waals surface area contributed by atoms with Crippen molar-refractivity contribution in [3.8, 4) is 17.1 Å². The highest BCUT2D eigenvalue weighted by Crippen LogP contribution is 2.39. The van der Waals surface area contributed by atoms with Crippen molar-refractivity contribution in [3.63, 3.8) is 0 Å². The van der Waals surface area contributed by atoms with Crippen molar-refractivity contribution in [2.45, 2.75) is 19.9 Å². The summed E-state index contributed by atoms with van der Waals surface area (Å²) < 4.78 is 24.9. The number of rotatable bonds is 5. The van der Waals surface area contributed by atoms with E-state index in [4.69, 9.17) is 26.5 Å². The topological polar surface area (TPSA) is 63.4 Å². The number of nitrogens with zero attached hydrogens (tertiary/aromatic N) is 3. The zero-order valence-electron chi connectivity index (χ0n) is 19.4. The van der Waals surface area contributed by atoms with E-state index < -0.39 is 6.04 Å². The first-order valence-corrected chi connectivity index (χ1v) is 11.5. The Hall–Kier alpha value is -4.04. The minimum absolute atomic E-state index is 0.313. The van der Waals surface area contributed by atoms with Gasteiger partial charge in [-0.3, -0.25) is 4.90 Å². The van der Waals surface area contributed by atoms with E-state index in [0.29, 0.717) is 22.6 Å². The molecule has 0 bridgehead atoms. The molecule has 0 radical (unpaired) electrons. The molecular weight excluding hydrogens is 463 g/mol. The van der Waals surface area contributed by atoms with Crippen LogP contribution in [0.2, 0.25) is 0 Å². The van der Waals surface area contributed by atoms with E-state index in [0.717, 1.165) is 33.6 Å². The number of benzene rings is 3. The second-order valence-corrected chi connectivity index (χ2v) is 8.65. The number of anilines is 1. The number of ether oxygens (including phenoxy) is 1. The van der Waals surface area contributed by atoms with E-state index in [1.54, 1.807) is 19.2 Å². The quantitative estimate of drug-likeness (QED) is 0.344. The van der Waals surface area contributed by atoms with Crippen LogP contribution in [-0.4, -0.2) is 22.4 Å². The minimum Gasteiger partial charge on any atom is -0.497 e. The highest BCUT2D eigenvalue weighted by molar-refractivity contribution is 7.80. The molecule has 1 N–H and O–H groups in total. The molecule has 0 fully saturated rings. The first-order chi connectivity index (χ1) is 16.9. The van der Waals surface area contributed by atoms with E-state index >= 15 is 0 Å². The molecule has 0 spiro atoms. The number of aryl methyl sites for hydroxylation is 1. The second-order valence-electron chi connectivity index (χ2n) is 8.26. The van der Waals surface area contributed by atoms with Crippen molar-refractivity contribution in [3.05, 3.63) is 101 Å². The zero-order valence-corrected chi connectivity index (χ0v) is 20.3. The first-order valence-electron chi connectivity index (χ1n) is 11.1. The molecule has 1 aliphatic rings. The molecule has 6 nitrogen and oxygen atoms in total. The molecule has 5 rings (SSSR count). The van der Waals surface area contributed by atoms with Crippen LogP contribution in [0.15, 0.2) is 83.0 Å². The summed E-state index contributed by atoms with van der Waals surface area (Å²) in [6.07, 6.45) is 0. The number of aromatic nitrogens is 2. The molecule has 35 heavy (non-hydrogen) atoms. The third-order valence-electron chi connectivity index (χ3n) is 5.97. The molecule has 1 atom stereocenters. The Balaban J connectivity index is 1.65. The largest absolute Gasteiger partial charge is 0.497 e. The molecule has 1 aromatic heterocycles. The van der Waals surface area contributed by atoms with Crippen molar-refractivity contribution in [1.29, 1.82) is 0 Å². The maximum absolute atomic E-state index is 13.7. The van der Waals surface area contributed by atoms with Crippen molar-refractivity contribution >= 4 is 28.6 Å². The molecule has 0 saturated heterocycles. The highest BCUT2D eigenvalue weighted by Gasteiger charge is 2.35. The van der Waals surface area contributed by atoms with E-state index in [1.807, 2.05) is 67.3 Å². The van der Waals surface area contributed by atoms with Crippen LogP contribution in [-0.2, 0) is 0 Å². The van der Waals surface area contributed by atoms with Gasteiger partial charge in [0.1, 0.15) is 11.6 Å². The molecule has 8 heteroatoms. The van der Waals surface area contributed by atoms with Gasteiger partial charge >= 0.3 is 0 Å². The Morgan fingerprint density at radius 1 is 1.03 bits per heavy atom. The molecule has 0 amide bonds. The minimum atomic E-state index is -0.406. The van der Waals surface area contributed by atoms with Crippen LogP contribution in [0.1, 0.15) is 30.0 Å². The molecule has 3 aromatic carbocycles.